The van der Waals surface area contributed by atoms with Crippen LogP contribution in [0, 0.1) is 35.5 Å². The van der Waals surface area contributed by atoms with E-state index in [-0.39, 0.29) is 74.3 Å². The number of Topliss-reactive ketones (excluding diaryl/α,β-unsaturated/α-hetero) is 3. The summed E-state index contributed by atoms with van der Waals surface area (Å²) in [7, 11) is 4.45. The number of aliphatic hydroxyl groups is 4. The second-order valence-electron chi connectivity index (χ2n) is 19.6. The van der Waals surface area contributed by atoms with Crippen molar-refractivity contribution >= 4 is 29.2 Å². The Morgan fingerprint density at radius 2 is 1.59 bits per heavy atom. The zero-order chi connectivity index (χ0) is 48.9. The summed E-state index contributed by atoms with van der Waals surface area (Å²) in [6.45, 7) is 10.3. The number of nitrogens with zero attached hydrogens (tertiary/aromatic N) is 1. The molecule has 372 valence electrons. The maximum absolute atomic E-state index is 14.4. The molecule has 4 aliphatic rings. The Morgan fingerprint density at radius 1 is 0.864 bits per heavy atom. The van der Waals surface area contributed by atoms with Gasteiger partial charge in [-0.05, 0) is 101 Å². The van der Waals surface area contributed by atoms with Gasteiger partial charge in [0.25, 0.3) is 11.7 Å². The van der Waals surface area contributed by atoms with Gasteiger partial charge in [-0.1, -0.05) is 64.2 Å². The van der Waals surface area contributed by atoms with Crippen molar-refractivity contribution in [3.05, 3.63) is 47.6 Å². The molecule has 1 aliphatic carbocycles. The first-order chi connectivity index (χ1) is 31.3. The summed E-state index contributed by atoms with van der Waals surface area (Å²) < 4.78 is 29.3. The monoisotopic (exact) mass is 930 g/mol. The third-order valence-corrected chi connectivity index (χ3v) is 14.6. The van der Waals surface area contributed by atoms with Gasteiger partial charge in [-0.15, -0.1) is 0 Å². The molecule has 3 aliphatic heterocycles. The van der Waals surface area contributed by atoms with Crippen molar-refractivity contribution in [1.29, 1.82) is 0 Å². The number of piperidine rings is 1. The molecule has 3 fully saturated rings. The third kappa shape index (κ3) is 14.3. The number of fused-ring (bicyclic) bond motifs is 3. The number of methoxy groups -OCH3 is 3. The van der Waals surface area contributed by atoms with E-state index in [4.69, 9.17) is 23.7 Å². The zero-order valence-corrected chi connectivity index (χ0v) is 40.8. The van der Waals surface area contributed by atoms with Crippen molar-refractivity contribution in [2.45, 2.75) is 173 Å². The number of amides is 1. The smallest absolute Gasteiger partial charge is 0.329 e. The first-order valence-electron chi connectivity index (χ1n) is 24.1. The molecular weight excluding hydrogens is 851 g/mol. The van der Waals surface area contributed by atoms with Crippen LogP contribution >= 0.6 is 0 Å². The Labute approximate surface area is 392 Å². The quantitative estimate of drug-likeness (QED) is 0.148. The topological polar surface area (TPSA) is 216 Å². The van der Waals surface area contributed by atoms with E-state index in [9.17, 15) is 44.4 Å². The number of aliphatic hydroxyl groups excluding tert-OH is 3. The number of ketones is 3. The number of hydrogen-bond acceptors (Lipinski definition) is 14. The van der Waals surface area contributed by atoms with Crippen LogP contribution in [0.3, 0.4) is 0 Å². The molecule has 0 radical (unpaired) electrons. The number of carbonyl (C=O) groups excluding carboxylic acids is 5. The highest BCUT2D eigenvalue weighted by atomic mass is 16.6. The van der Waals surface area contributed by atoms with Crippen molar-refractivity contribution in [3.63, 3.8) is 0 Å². The van der Waals surface area contributed by atoms with Gasteiger partial charge in [-0.3, -0.25) is 19.2 Å². The molecule has 1 unspecified atom stereocenters. The van der Waals surface area contributed by atoms with Crippen LogP contribution in [0.5, 0.6) is 0 Å². The van der Waals surface area contributed by atoms with Gasteiger partial charge >= 0.3 is 5.97 Å². The fraction of sp³-hybridized carbons (Fsp3) is 0.745. The van der Waals surface area contributed by atoms with Crippen LogP contribution in [0.1, 0.15) is 119 Å². The Balaban J connectivity index is 1.71. The lowest BCUT2D eigenvalue weighted by Gasteiger charge is -2.42. The molecule has 4 rings (SSSR count). The van der Waals surface area contributed by atoms with Gasteiger partial charge < -0.3 is 49.0 Å². The number of hydrogen-bond donors (Lipinski definition) is 4. The van der Waals surface area contributed by atoms with E-state index < -0.39 is 83.9 Å². The molecule has 4 N–H and O–H groups in total. The molecule has 15 atom stereocenters. The normalized spacial score (nSPS) is 40.0. The van der Waals surface area contributed by atoms with Crippen molar-refractivity contribution in [2.24, 2.45) is 35.5 Å². The molecule has 2 saturated heterocycles. The molecule has 0 spiro atoms. The molecular formula is C51H79NO14. The Hall–Kier alpha value is -3.41. The summed E-state index contributed by atoms with van der Waals surface area (Å²) in [5, 5.41) is 44.0. The summed E-state index contributed by atoms with van der Waals surface area (Å²) in [5.41, 5.74) is 1.18. The average Bonchev–Trinajstić information content (AvgIpc) is 3.30. The predicted octanol–water partition coefficient (Wildman–Crippen LogP) is 5.15. The highest BCUT2D eigenvalue weighted by Gasteiger charge is 2.53. The molecule has 3 heterocycles. The number of esters is 1. The predicted molar refractivity (Wildman–Crippen MR) is 247 cm³/mol. The lowest BCUT2D eigenvalue weighted by atomic mass is 9.78. The van der Waals surface area contributed by atoms with Crippen LogP contribution in [0.25, 0.3) is 0 Å². The largest absolute Gasteiger partial charge is 0.460 e. The van der Waals surface area contributed by atoms with Gasteiger partial charge in [0, 0.05) is 71.0 Å². The van der Waals surface area contributed by atoms with Gasteiger partial charge in [-0.2, -0.15) is 0 Å². The number of ether oxygens (including phenoxy) is 5. The summed E-state index contributed by atoms with van der Waals surface area (Å²) in [6, 6.07) is -1.15. The molecule has 0 aromatic rings. The Bertz CT molecular complexity index is 1770. The zero-order valence-electron chi connectivity index (χ0n) is 40.8. The highest BCUT2D eigenvalue weighted by Crippen LogP contribution is 2.38. The number of allylic oxidation sites excluding steroid dienone is 5. The standard InChI is InChI=1S/C51H79NO14/c1-30-15-11-10-12-16-37(29-53)25-34(5)46(57)47(64-9)45(56)33(4)23-31(2)41(55)28-43(32(3)24-36-19-21-40(54)44(26-36)63-8)65-50(60)39-17-13-14-22-52(39)49(59)48(58)51(61)35(6)18-20-38(66-51)27-42(30)62-7/h10-12,15-16,23,31-32,34-40,42-45,47,53-54,56,61H,13-14,17-22,24-29H2,1-9H3/b11-10+,16-12+,30-15+,33-23+/t31-,32-,34-,35-,36+,37?,38+,39+,40-,42+,43+,44-,45-,47-,51-/m1/s1. The van der Waals surface area contributed by atoms with Gasteiger partial charge in [0.1, 0.15) is 30.1 Å². The first kappa shape index (κ1) is 55.2. The van der Waals surface area contributed by atoms with Crippen LogP contribution in [-0.4, -0.2) is 144 Å². The van der Waals surface area contributed by atoms with Gasteiger partial charge in [0.2, 0.25) is 5.79 Å². The maximum atomic E-state index is 14.4. The van der Waals surface area contributed by atoms with E-state index in [1.54, 1.807) is 72.3 Å². The summed E-state index contributed by atoms with van der Waals surface area (Å²) in [5.74, 6) is -8.79. The van der Waals surface area contributed by atoms with Crippen molar-refractivity contribution in [3.8, 4) is 0 Å². The fourth-order valence-electron chi connectivity index (χ4n) is 10.1. The van der Waals surface area contributed by atoms with Gasteiger partial charge in [0.15, 0.2) is 5.78 Å². The lowest BCUT2D eigenvalue weighted by molar-refractivity contribution is -0.265. The SMILES string of the molecule is CO[C@H]1C[C@@H]2CC[C@@H](C)[C@@](O)(O2)C(=O)C(=O)N2CCCC[C@H]2C(=O)O[C@H]([C@H](C)C[C@@H]2CC[C@@H](O)[C@H](OC)C2)CC(=O)[C@H](C)/C=C(\C)[C@@H](O)[C@@H](OC)C(=O)[C@H](C)CC(CO)/C=C/C=C/C=C/1C. The minimum Gasteiger partial charge on any atom is -0.460 e. The van der Waals surface area contributed by atoms with Gasteiger partial charge in [-0.25, -0.2) is 4.79 Å². The van der Waals surface area contributed by atoms with Crippen molar-refractivity contribution in [2.75, 3.05) is 34.5 Å². The molecule has 2 bridgehead atoms. The number of rotatable bonds is 7. The van der Waals surface area contributed by atoms with Crippen molar-refractivity contribution in [1.82, 2.24) is 4.90 Å². The third-order valence-electron chi connectivity index (χ3n) is 14.6. The highest BCUT2D eigenvalue weighted by molar-refractivity contribution is 6.39. The Kier molecular flexibility index (Phi) is 21.6. The lowest BCUT2D eigenvalue weighted by Crippen LogP contribution is -2.61. The van der Waals surface area contributed by atoms with Crippen LogP contribution in [0.15, 0.2) is 47.6 Å². The molecule has 1 amide bonds. The van der Waals surface area contributed by atoms with Gasteiger partial charge in [0.05, 0.1) is 24.4 Å². The molecule has 15 heteroatoms. The van der Waals surface area contributed by atoms with Crippen LogP contribution < -0.4 is 0 Å². The second kappa shape index (κ2) is 25.8. The van der Waals surface area contributed by atoms with Crippen LogP contribution in [0.4, 0.5) is 0 Å². The number of carbonyl (C=O) groups is 5. The minimum atomic E-state index is -2.45. The summed E-state index contributed by atoms with van der Waals surface area (Å²) in [4.78, 5) is 71.8. The molecule has 1 saturated carbocycles. The molecule has 66 heavy (non-hydrogen) atoms. The van der Waals surface area contributed by atoms with E-state index in [1.165, 1.54) is 12.0 Å². The van der Waals surface area contributed by atoms with E-state index in [0.717, 1.165) is 5.57 Å². The van der Waals surface area contributed by atoms with Crippen LogP contribution in [0.2, 0.25) is 0 Å². The minimum absolute atomic E-state index is 0.0759. The van der Waals surface area contributed by atoms with E-state index in [1.807, 2.05) is 19.9 Å². The average molecular weight is 930 g/mol. The summed E-state index contributed by atoms with van der Waals surface area (Å²) in [6.07, 6.45) is 9.95. The Morgan fingerprint density at radius 3 is 2.26 bits per heavy atom. The maximum Gasteiger partial charge on any atom is 0.329 e. The van der Waals surface area contributed by atoms with E-state index >= 15 is 0 Å². The van der Waals surface area contributed by atoms with Crippen molar-refractivity contribution < 1.29 is 68.1 Å². The molecule has 15 nitrogen and oxygen atoms in total. The second-order valence-corrected chi connectivity index (χ2v) is 19.6. The van der Waals surface area contributed by atoms with E-state index in [0.29, 0.717) is 56.9 Å². The molecule has 0 aromatic carbocycles. The fourth-order valence-corrected chi connectivity index (χ4v) is 10.1. The number of cyclic esters (lactones) is 1. The summed E-state index contributed by atoms with van der Waals surface area (Å²) >= 11 is 0. The molecule has 0 aromatic heterocycles. The first-order valence-corrected chi connectivity index (χ1v) is 24.1. The van der Waals surface area contributed by atoms with Crippen LogP contribution in [-0.2, 0) is 47.7 Å². The van der Waals surface area contributed by atoms with E-state index in [2.05, 4.69) is 0 Å².